The first-order chi connectivity index (χ1) is 13.1. The fourth-order valence-electron chi connectivity index (χ4n) is 2.93. The number of ether oxygens (including phenoxy) is 3. The summed E-state index contributed by atoms with van der Waals surface area (Å²) in [4.78, 5) is 8.69. The SMILES string of the molecule is COc1cc2c(NCc3cc(CC(C)C)no3)ncnc2c(OC)c1OC. The van der Waals surface area contributed by atoms with Crippen LogP contribution < -0.4 is 19.5 Å². The van der Waals surface area contributed by atoms with Gasteiger partial charge in [-0.3, -0.25) is 0 Å². The maximum Gasteiger partial charge on any atom is 0.205 e. The van der Waals surface area contributed by atoms with Crippen LogP contribution in [0.3, 0.4) is 0 Å². The van der Waals surface area contributed by atoms with Gasteiger partial charge in [-0.25, -0.2) is 9.97 Å². The summed E-state index contributed by atoms with van der Waals surface area (Å²) >= 11 is 0. The van der Waals surface area contributed by atoms with Crippen LogP contribution in [0.25, 0.3) is 10.9 Å². The van der Waals surface area contributed by atoms with E-state index in [9.17, 15) is 0 Å². The van der Waals surface area contributed by atoms with Crippen molar-refractivity contribution in [2.24, 2.45) is 5.92 Å². The number of hydrogen-bond donors (Lipinski definition) is 1. The highest BCUT2D eigenvalue weighted by Gasteiger charge is 2.19. The van der Waals surface area contributed by atoms with Crippen LogP contribution in [-0.2, 0) is 13.0 Å². The van der Waals surface area contributed by atoms with Crippen molar-refractivity contribution < 1.29 is 18.7 Å². The van der Waals surface area contributed by atoms with Crippen LogP contribution in [0.1, 0.15) is 25.3 Å². The highest BCUT2D eigenvalue weighted by molar-refractivity contribution is 5.96. The Hall–Kier alpha value is -3.03. The molecule has 3 rings (SSSR count). The van der Waals surface area contributed by atoms with E-state index in [1.54, 1.807) is 21.3 Å². The molecule has 0 atom stereocenters. The van der Waals surface area contributed by atoms with Crippen LogP contribution in [-0.4, -0.2) is 36.5 Å². The van der Waals surface area contributed by atoms with Crippen molar-refractivity contribution in [1.29, 1.82) is 0 Å². The third-order valence-electron chi connectivity index (χ3n) is 4.09. The number of aromatic nitrogens is 3. The standard InChI is InChI=1S/C19H24N4O4/c1-11(2)6-12-7-13(27-23-12)9-20-19-14-8-15(24-3)17(25-4)18(26-5)16(14)21-10-22-19/h7-8,10-11H,6,9H2,1-5H3,(H,20,21,22). The minimum absolute atomic E-state index is 0.452. The molecule has 0 saturated heterocycles. The molecule has 0 aliphatic rings. The van der Waals surface area contributed by atoms with Gasteiger partial charge in [-0.2, -0.15) is 0 Å². The van der Waals surface area contributed by atoms with E-state index in [1.807, 2.05) is 12.1 Å². The molecule has 0 unspecified atom stereocenters. The monoisotopic (exact) mass is 372 g/mol. The third-order valence-corrected chi connectivity index (χ3v) is 4.09. The third kappa shape index (κ3) is 3.89. The normalized spacial score (nSPS) is 11.0. The van der Waals surface area contributed by atoms with Gasteiger partial charge in [0.1, 0.15) is 17.7 Å². The van der Waals surface area contributed by atoms with E-state index in [0.29, 0.717) is 41.0 Å². The molecule has 0 aliphatic carbocycles. The van der Waals surface area contributed by atoms with Crippen LogP contribution in [0.2, 0.25) is 0 Å². The Morgan fingerprint density at radius 1 is 1.04 bits per heavy atom. The van der Waals surface area contributed by atoms with Crippen molar-refractivity contribution in [2.45, 2.75) is 26.8 Å². The molecular formula is C19H24N4O4. The summed E-state index contributed by atoms with van der Waals surface area (Å²) in [5.41, 5.74) is 1.58. The van der Waals surface area contributed by atoms with Gasteiger partial charge in [-0.15, -0.1) is 0 Å². The average Bonchev–Trinajstić information content (AvgIpc) is 3.10. The molecule has 0 bridgehead atoms. The van der Waals surface area contributed by atoms with Crippen molar-refractivity contribution in [2.75, 3.05) is 26.6 Å². The lowest BCUT2D eigenvalue weighted by Gasteiger charge is -2.15. The molecule has 0 aliphatic heterocycles. The number of anilines is 1. The number of benzene rings is 1. The molecule has 1 aromatic carbocycles. The number of hydrogen-bond acceptors (Lipinski definition) is 8. The fourth-order valence-corrected chi connectivity index (χ4v) is 2.93. The van der Waals surface area contributed by atoms with Gasteiger partial charge in [-0.05, 0) is 18.4 Å². The first-order valence-electron chi connectivity index (χ1n) is 8.69. The van der Waals surface area contributed by atoms with Gasteiger partial charge in [0.2, 0.25) is 5.75 Å². The molecule has 2 heterocycles. The molecule has 8 nitrogen and oxygen atoms in total. The first-order valence-corrected chi connectivity index (χ1v) is 8.69. The summed E-state index contributed by atoms with van der Waals surface area (Å²) in [5.74, 6) is 3.43. The Morgan fingerprint density at radius 2 is 1.81 bits per heavy atom. The molecule has 0 radical (unpaired) electrons. The van der Waals surface area contributed by atoms with Gasteiger partial charge in [0, 0.05) is 6.07 Å². The molecule has 144 valence electrons. The molecule has 1 N–H and O–H groups in total. The molecule has 0 spiro atoms. The highest BCUT2D eigenvalue weighted by atomic mass is 16.5. The highest BCUT2D eigenvalue weighted by Crippen LogP contribution is 2.43. The van der Waals surface area contributed by atoms with Crippen LogP contribution in [0.4, 0.5) is 5.82 Å². The Morgan fingerprint density at radius 3 is 2.48 bits per heavy atom. The van der Waals surface area contributed by atoms with Crippen molar-refractivity contribution in [3.8, 4) is 17.2 Å². The minimum Gasteiger partial charge on any atom is -0.493 e. The molecule has 0 amide bonds. The Kier molecular flexibility index (Phi) is 5.63. The van der Waals surface area contributed by atoms with E-state index in [2.05, 4.69) is 34.3 Å². The molecule has 0 saturated carbocycles. The topological polar surface area (TPSA) is 91.5 Å². The van der Waals surface area contributed by atoms with E-state index in [-0.39, 0.29) is 0 Å². The minimum atomic E-state index is 0.452. The second-order valence-corrected chi connectivity index (χ2v) is 6.50. The smallest absolute Gasteiger partial charge is 0.205 e. The van der Waals surface area contributed by atoms with Crippen LogP contribution in [0.15, 0.2) is 23.0 Å². The second kappa shape index (κ2) is 8.11. The summed E-state index contributed by atoms with van der Waals surface area (Å²) in [7, 11) is 4.70. The van der Waals surface area contributed by atoms with E-state index in [1.165, 1.54) is 6.33 Å². The predicted molar refractivity (Wildman–Crippen MR) is 102 cm³/mol. The quantitative estimate of drug-likeness (QED) is 0.643. The van der Waals surface area contributed by atoms with Crippen LogP contribution >= 0.6 is 0 Å². The number of nitrogens with zero attached hydrogens (tertiary/aromatic N) is 3. The number of nitrogens with one attached hydrogen (secondary N) is 1. The summed E-state index contributed by atoms with van der Waals surface area (Å²) < 4.78 is 21.7. The van der Waals surface area contributed by atoms with E-state index in [4.69, 9.17) is 18.7 Å². The summed E-state index contributed by atoms with van der Waals surface area (Å²) in [5, 5.41) is 8.14. The molecule has 27 heavy (non-hydrogen) atoms. The molecule has 2 aromatic heterocycles. The summed E-state index contributed by atoms with van der Waals surface area (Å²) in [6, 6.07) is 3.78. The van der Waals surface area contributed by atoms with Crippen molar-refractivity contribution in [3.05, 3.63) is 29.9 Å². The Balaban J connectivity index is 1.91. The lowest BCUT2D eigenvalue weighted by molar-refractivity contribution is 0.327. The van der Waals surface area contributed by atoms with Crippen molar-refractivity contribution in [3.63, 3.8) is 0 Å². The fraction of sp³-hybridized carbons (Fsp3) is 0.421. The van der Waals surface area contributed by atoms with Gasteiger partial charge in [-0.1, -0.05) is 19.0 Å². The van der Waals surface area contributed by atoms with Gasteiger partial charge in [0.25, 0.3) is 0 Å². The Bertz CT molecular complexity index is 923. The molecule has 8 heteroatoms. The molecule has 3 aromatic rings. The van der Waals surface area contributed by atoms with Crippen LogP contribution in [0.5, 0.6) is 17.2 Å². The van der Waals surface area contributed by atoms with E-state index in [0.717, 1.165) is 23.3 Å². The zero-order chi connectivity index (χ0) is 19.4. The number of methoxy groups -OCH3 is 3. The first kappa shape index (κ1) is 18.8. The molecular weight excluding hydrogens is 348 g/mol. The average molecular weight is 372 g/mol. The van der Waals surface area contributed by atoms with Gasteiger partial charge >= 0.3 is 0 Å². The molecule has 0 fully saturated rings. The van der Waals surface area contributed by atoms with Gasteiger partial charge in [0.05, 0.1) is 39.0 Å². The largest absolute Gasteiger partial charge is 0.493 e. The van der Waals surface area contributed by atoms with Crippen molar-refractivity contribution >= 4 is 16.7 Å². The number of fused-ring (bicyclic) bond motifs is 1. The zero-order valence-electron chi connectivity index (χ0n) is 16.2. The maximum absolute atomic E-state index is 5.50. The number of rotatable bonds is 8. The Labute approximate surface area is 157 Å². The van der Waals surface area contributed by atoms with E-state index < -0.39 is 0 Å². The van der Waals surface area contributed by atoms with Gasteiger partial charge < -0.3 is 24.1 Å². The maximum atomic E-state index is 5.50. The second-order valence-electron chi connectivity index (χ2n) is 6.50. The summed E-state index contributed by atoms with van der Waals surface area (Å²) in [6.07, 6.45) is 2.36. The lowest BCUT2D eigenvalue weighted by atomic mass is 10.1. The van der Waals surface area contributed by atoms with Gasteiger partial charge in [0.15, 0.2) is 17.3 Å². The summed E-state index contributed by atoms with van der Waals surface area (Å²) in [6.45, 7) is 4.75. The lowest BCUT2D eigenvalue weighted by Crippen LogP contribution is -2.04. The van der Waals surface area contributed by atoms with Crippen molar-refractivity contribution in [1.82, 2.24) is 15.1 Å². The van der Waals surface area contributed by atoms with Crippen LogP contribution in [0, 0.1) is 5.92 Å². The predicted octanol–water partition coefficient (Wildman–Crippen LogP) is 3.45. The zero-order valence-corrected chi connectivity index (χ0v) is 16.2. The van der Waals surface area contributed by atoms with E-state index >= 15 is 0 Å².